The minimum atomic E-state index is -4.38. The molecule has 378 valence electrons. The van der Waals surface area contributed by atoms with Crippen molar-refractivity contribution in [3.63, 3.8) is 0 Å². The number of ether oxygens (including phenoxy) is 2. The van der Waals surface area contributed by atoms with Crippen molar-refractivity contribution < 1.29 is 42.1 Å². The molecule has 0 radical (unpaired) electrons. The molecule has 9 nitrogen and oxygen atoms in total. The van der Waals surface area contributed by atoms with E-state index in [-0.39, 0.29) is 25.6 Å². The first-order valence-electron chi connectivity index (χ1n) is 27.1. The molecule has 0 fully saturated rings. The number of phosphoric acid groups is 1. The minimum absolute atomic E-state index is 0.0322. The lowest BCUT2D eigenvalue weighted by Crippen LogP contribution is -2.37. The molecule has 0 saturated heterocycles. The predicted octanol–water partition coefficient (Wildman–Crippen LogP) is 16.3. The summed E-state index contributed by atoms with van der Waals surface area (Å²) in [5.74, 6) is -0.793. The summed E-state index contributed by atoms with van der Waals surface area (Å²) in [6.45, 7) is 4.44. The highest BCUT2D eigenvalue weighted by atomic mass is 31.2. The van der Waals surface area contributed by atoms with E-state index >= 15 is 0 Å². The SMILES string of the molecule is CCCCC/C=C\C/C=C\CCCCCCCCCC(=O)OC(COC(=O)CCCCCCCCCCCCCCCCCCCCCCCCC)COP(=O)(O)OCC[N+](C)(C)C. The van der Waals surface area contributed by atoms with Gasteiger partial charge in [0.15, 0.2) is 6.10 Å². The number of rotatable bonds is 50. The van der Waals surface area contributed by atoms with Crippen LogP contribution in [0.1, 0.15) is 258 Å². The van der Waals surface area contributed by atoms with E-state index in [4.69, 9.17) is 18.5 Å². The van der Waals surface area contributed by atoms with E-state index < -0.39 is 26.5 Å². The van der Waals surface area contributed by atoms with E-state index in [1.165, 1.54) is 173 Å². The number of quaternary nitrogens is 1. The Kier molecular flexibility index (Phi) is 45.5. The van der Waals surface area contributed by atoms with Crippen LogP contribution in [0.25, 0.3) is 0 Å². The largest absolute Gasteiger partial charge is 0.472 e. The number of hydrogen-bond acceptors (Lipinski definition) is 7. The number of allylic oxidation sites excluding steroid dienone is 4. The zero-order valence-electron chi connectivity index (χ0n) is 42.8. The average molecular weight is 927 g/mol. The van der Waals surface area contributed by atoms with Gasteiger partial charge in [-0.3, -0.25) is 18.6 Å². The predicted molar refractivity (Wildman–Crippen MR) is 271 cm³/mol. The summed E-state index contributed by atoms with van der Waals surface area (Å²) in [6, 6.07) is 0. The summed E-state index contributed by atoms with van der Waals surface area (Å²) >= 11 is 0. The Morgan fingerprint density at radius 1 is 0.484 bits per heavy atom. The monoisotopic (exact) mass is 927 g/mol. The third-order valence-electron chi connectivity index (χ3n) is 12.0. The van der Waals surface area contributed by atoms with Crippen molar-refractivity contribution in [2.24, 2.45) is 0 Å². The fraction of sp³-hybridized carbons (Fsp3) is 0.889. The molecule has 0 saturated carbocycles. The van der Waals surface area contributed by atoms with Gasteiger partial charge in [0.25, 0.3) is 0 Å². The third-order valence-corrected chi connectivity index (χ3v) is 13.0. The molecule has 0 rings (SSSR count). The first-order chi connectivity index (χ1) is 31.0. The van der Waals surface area contributed by atoms with Crippen LogP contribution in [0.2, 0.25) is 0 Å². The Balaban J connectivity index is 4.16. The first kappa shape index (κ1) is 62.5. The van der Waals surface area contributed by atoms with Crippen LogP contribution in [0.3, 0.4) is 0 Å². The number of nitrogens with zero attached hydrogens (tertiary/aromatic N) is 1. The maximum absolute atomic E-state index is 12.8. The second-order valence-electron chi connectivity index (χ2n) is 19.6. The van der Waals surface area contributed by atoms with Gasteiger partial charge in [-0.25, -0.2) is 4.57 Å². The van der Waals surface area contributed by atoms with Crippen molar-refractivity contribution in [2.75, 3.05) is 47.5 Å². The fourth-order valence-corrected chi connectivity index (χ4v) is 8.49. The summed E-state index contributed by atoms with van der Waals surface area (Å²) in [7, 11) is 1.48. The Hall–Kier alpha value is -1.51. The van der Waals surface area contributed by atoms with Crippen molar-refractivity contribution in [1.29, 1.82) is 0 Å². The molecule has 10 heteroatoms. The van der Waals surface area contributed by atoms with Crippen LogP contribution in [0.4, 0.5) is 0 Å². The van der Waals surface area contributed by atoms with Gasteiger partial charge in [0, 0.05) is 12.8 Å². The number of carbonyl (C=O) groups excluding carboxylic acids is 2. The smallest absolute Gasteiger partial charge is 0.462 e. The van der Waals surface area contributed by atoms with Crippen molar-refractivity contribution in [3.8, 4) is 0 Å². The minimum Gasteiger partial charge on any atom is -0.462 e. The summed E-state index contributed by atoms with van der Waals surface area (Å²) in [6.07, 6.45) is 53.8. The van der Waals surface area contributed by atoms with Crippen molar-refractivity contribution in [1.82, 2.24) is 0 Å². The molecule has 2 unspecified atom stereocenters. The van der Waals surface area contributed by atoms with Gasteiger partial charge in [-0.1, -0.05) is 224 Å². The van der Waals surface area contributed by atoms with Crippen LogP contribution < -0.4 is 0 Å². The van der Waals surface area contributed by atoms with Gasteiger partial charge in [-0.05, 0) is 44.9 Å². The van der Waals surface area contributed by atoms with E-state index in [9.17, 15) is 19.0 Å². The summed E-state index contributed by atoms with van der Waals surface area (Å²) in [5.41, 5.74) is 0. The molecule has 0 aliphatic carbocycles. The molecular formula is C54H105NO8P+. The molecule has 64 heavy (non-hydrogen) atoms. The fourth-order valence-electron chi connectivity index (χ4n) is 7.75. The highest BCUT2D eigenvalue weighted by Gasteiger charge is 2.27. The van der Waals surface area contributed by atoms with Gasteiger partial charge in [0.1, 0.15) is 19.8 Å². The highest BCUT2D eigenvalue weighted by Crippen LogP contribution is 2.43. The molecule has 0 aromatic heterocycles. The van der Waals surface area contributed by atoms with Crippen molar-refractivity contribution in [2.45, 2.75) is 264 Å². The normalized spacial score (nSPS) is 13.5. The molecule has 0 bridgehead atoms. The molecule has 2 atom stereocenters. The number of phosphoric ester groups is 1. The number of esters is 2. The van der Waals surface area contributed by atoms with E-state index in [0.717, 1.165) is 51.4 Å². The van der Waals surface area contributed by atoms with E-state index in [2.05, 4.69) is 38.2 Å². The lowest BCUT2D eigenvalue weighted by atomic mass is 10.0. The highest BCUT2D eigenvalue weighted by molar-refractivity contribution is 7.47. The van der Waals surface area contributed by atoms with Crippen LogP contribution in [0.15, 0.2) is 24.3 Å². The lowest BCUT2D eigenvalue weighted by molar-refractivity contribution is -0.870. The topological polar surface area (TPSA) is 108 Å². The number of hydrogen-bond donors (Lipinski definition) is 1. The van der Waals surface area contributed by atoms with E-state index in [1.807, 2.05) is 21.1 Å². The first-order valence-corrected chi connectivity index (χ1v) is 28.6. The molecule has 0 spiro atoms. The molecule has 0 amide bonds. The quantitative estimate of drug-likeness (QED) is 0.0211. The molecule has 0 aliphatic heterocycles. The van der Waals surface area contributed by atoms with Crippen LogP contribution in [-0.4, -0.2) is 74.9 Å². The van der Waals surface area contributed by atoms with E-state index in [1.54, 1.807) is 0 Å². The van der Waals surface area contributed by atoms with Crippen LogP contribution in [-0.2, 0) is 32.7 Å². The summed E-state index contributed by atoms with van der Waals surface area (Å²) in [4.78, 5) is 35.6. The zero-order chi connectivity index (χ0) is 47.1. The third kappa shape index (κ3) is 49.9. The Morgan fingerprint density at radius 3 is 1.27 bits per heavy atom. The summed E-state index contributed by atoms with van der Waals surface area (Å²) < 4.78 is 34.5. The standard InChI is InChI=1S/C54H104NO8P/c1-6-8-10-12-14-16-18-20-22-24-25-26-27-28-29-31-32-34-36-38-40-42-44-46-53(56)60-50-52(51-62-64(58,59)61-49-48-55(3,4)5)63-54(57)47-45-43-41-39-37-35-33-30-23-21-19-17-15-13-11-9-7-2/h15,17,21,23,52H,6-14,16,18-20,22,24-51H2,1-5H3/p+1/b17-15-,23-21-. The second kappa shape index (κ2) is 46.6. The van der Waals surface area contributed by atoms with Gasteiger partial charge in [-0.2, -0.15) is 0 Å². The van der Waals surface area contributed by atoms with Crippen LogP contribution >= 0.6 is 7.82 Å². The number of unbranched alkanes of at least 4 members (excludes halogenated alkanes) is 32. The zero-order valence-corrected chi connectivity index (χ0v) is 43.7. The Morgan fingerprint density at radius 2 is 0.844 bits per heavy atom. The summed E-state index contributed by atoms with van der Waals surface area (Å²) in [5, 5.41) is 0. The van der Waals surface area contributed by atoms with Gasteiger partial charge < -0.3 is 18.9 Å². The number of carbonyl (C=O) groups is 2. The Bertz CT molecular complexity index is 1140. The molecule has 0 aromatic rings. The molecule has 0 aliphatic rings. The van der Waals surface area contributed by atoms with Gasteiger partial charge in [0.2, 0.25) is 0 Å². The van der Waals surface area contributed by atoms with Gasteiger partial charge >= 0.3 is 19.8 Å². The van der Waals surface area contributed by atoms with Crippen molar-refractivity contribution in [3.05, 3.63) is 24.3 Å². The lowest BCUT2D eigenvalue weighted by Gasteiger charge is -2.24. The molecule has 0 aromatic carbocycles. The van der Waals surface area contributed by atoms with Gasteiger partial charge in [0.05, 0.1) is 27.7 Å². The van der Waals surface area contributed by atoms with Crippen LogP contribution in [0.5, 0.6) is 0 Å². The van der Waals surface area contributed by atoms with Gasteiger partial charge in [-0.15, -0.1) is 0 Å². The molecule has 1 N–H and O–H groups in total. The molecular weight excluding hydrogens is 822 g/mol. The van der Waals surface area contributed by atoms with Crippen molar-refractivity contribution >= 4 is 19.8 Å². The number of likely N-dealkylation sites (N-methyl/N-ethyl adjacent to an activating group) is 1. The maximum Gasteiger partial charge on any atom is 0.472 e. The second-order valence-corrected chi connectivity index (χ2v) is 21.1. The van der Waals surface area contributed by atoms with Crippen LogP contribution in [0, 0.1) is 0 Å². The average Bonchev–Trinajstić information content (AvgIpc) is 3.25. The van der Waals surface area contributed by atoms with E-state index in [0.29, 0.717) is 23.9 Å². The maximum atomic E-state index is 12.8. The molecule has 0 heterocycles. The Labute approximate surface area is 396 Å².